The summed E-state index contributed by atoms with van der Waals surface area (Å²) in [5.41, 5.74) is -0.240. The molecule has 2 heteroatoms. The molecule has 0 saturated carbocycles. The zero-order valence-electron chi connectivity index (χ0n) is 7.14. The lowest BCUT2D eigenvalue weighted by atomic mass is 9.88. The Morgan fingerprint density at radius 2 is 2.10 bits per heavy atom. The van der Waals surface area contributed by atoms with Crippen molar-refractivity contribution in [2.45, 2.75) is 39.7 Å². The Labute approximate surface area is 62.4 Å². The molecule has 2 nitrogen and oxygen atoms in total. The van der Waals surface area contributed by atoms with Crippen molar-refractivity contribution in [1.29, 1.82) is 0 Å². The van der Waals surface area contributed by atoms with Crippen LogP contribution < -0.4 is 0 Å². The maximum absolute atomic E-state index is 9.95. The van der Waals surface area contributed by atoms with Gasteiger partial charge in [-0.05, 0) is 19.8 Å². The normalized spacial score (nSPS) is 14.0. The van der Waals surface area contributed by atoms with Gasteiger partial charge < -0.3 is 0 Å². The molecular formula is C8H15NO. The van der Waals surface area contributed by atoms with Crippen molar-refractivity contribution in [3.63, 3.8) is 0 Å². The molecule has 0 aliphatic heterocycles. The van der Waals surface area contributed by atoms with Crippen LogP contribution in [0.25, 0.3) is 0 Å². The fourth-order valence-electron chi connectivity index (χ4n) is 0.727. The highest BCUT2D eigenvalue weighted by atomic mass is 16.1. The second kappa shape index (κ2) is 3.52. The third-order valence-corrected chi connectivity index (χ3v) is 2.15. The van der Waals surface area contributed by atoms with Gasteiger partial charge in [-0.3, -0.25) is 0 Å². The van der Waals surface area contributed by atoms with E-state index in [-0.39, 0.29) is 5.54 Å². The third kappa shape index (κ3) is 2.32. The van der Waals surface area contributed by atoms with Crippen LogP contribution in [-0.2, 0) is 4.79 Å². The van der Waals surface area contributed by atoms with Crippen LogP contribution in [0.5, 0.6) is 0 Å². The number of aliphatic imine (C=N–C) groups is 1. The van der Waals surface area contributed by atoms with E-state index in [2.05, 4.69) is 18.8 Å². The summed E-state index contributed by atoms with van der Waals surface area (Å²) in [6.07, 6.45) is 2.64. The SMILES string of the molecule is CCC(C)C(C)(C)N=C=O. The first-order chi connectivity index (χ1) is 4.54. The lowest BCUT2D eigenvalue weighted by Crippen LogP contribution is -2.25. The number of rotatable bonds is 3. The molecule has 1 atom stereocenters. The third-order valence-electron chi connectivity index (χ3n) is 2.15. The highest BCUT2D eigenvalue weighted by Crippen LogP contribution is 2.22. The zero-order valence-corrected chi connectivity index (χ0v) is 7.14. The summed E-state index contributed by atoms with van der Waals surface area (Å²) in [4.78, 5) is 13.7. The molecule has 0 aromatic heterocycles. The molecule has 0 aromatic rings. The second-order valence-corrected chi connectivity index (χ2v) is 3.17. The van der Waals surface area contributed by atoms with Crippen LogP contribution in [-0.4, -0.2) is 11.6 Å². The first kappa shape index (κ1) is 9.38. The molecular weight excluding hydrogens is 126 g/mol. The lowest BCUT2D eigenvalue weighted by molar-refractivity contribution is 0.338. The van der Waals surface area contributed by atoms with E-state index in [1.165, 1.54) is 0 Å². The maximum Gasteiger partial charge on any atom is 0.235 e. The van der Waals surface area contributed by atoms with Gasteiger partial charge in [-0.2, -0.15) is 4.99 Å². The van der Waals surface area contributed by atoms with Gasteiger partial charge in [0.15, 0.2) is 0 Å². The molecule has 10 heavy (non-hydrogen) atoms. The molecule has 0 rings (SSSR count). The van der Waals surface area contributed by atoms with E-state index in [0.717, 1.165) is 6.42 Å². The van der Waals surface area contributed by atoms with Gasteiger partial charge in [-0.1, -0.05) is 20.3 Å². The minimum atomic E-state index is -0.240. The quantitative estimate of drug-likeness (QED) is 0.437. The predicted octanol–water partition coefficient (Wildman–Crippen LogP) is 2.15. The smallest absolute Gasteiger partial charge is 0.211 e. The summed E-state index contributed by atoms with van der Waals surface area (Å²) in [5.74, 6) is 0.439. The van der Waals surface area contributed by atoms with E-state index in [1.54, 1.807) is 6.08 Å². The molecule has 0 heterocycles. The van der Waals surface area contributed by atoms with Crippen LogP contribution in [0.15, 0.2) is 4.99 Å². The van der Waals surface area contributed by atoms with Crippen molar-refractivity contribution >= 4 is 6.08 Å². The number of carbonyl (C=O) groups excluding carboxylic acids is 1. The van der Waals surface area contributed by atoms with Crippen LogP contribution in [0.2, 0.25) is 0 Å². The molecule has 0 fully saturated rings. The van der Waals surface area contributed by atoms with E-state index in [9.17, 15) is 4.79 Å². The number of hydrogen-bond acceptors (Lipinski definition) is 2. The number of isocyanates is 1. The number of hydrogen-bond donors (Lipinski definition) is 0. The summed E-state index contributed by atoms with van der Waals surface area (Å²) >= 11 is 0. The average molecular weight is 141 g/mol. The Bertz CT molecular complexity index is 145. The van der Waals surface area contributed by atoms with E-state index in [1.807, 2.05) is 13.8 Å². The zero-order chi connectivity index (χ0) is 8.20. The fraction of sp³-hybridized carbons (Fsp3) is 0.875. The standard InChI is InChI=1S/C8H15NO/c1-5-7(2)8(3,4)9-6-10/h7H,5H2,1-4H3. The minimum Gasteiger partial charge on any atom is -0.211 e. The summed E-state index contributed by atoms with van der Waals surface area (Å²) in [6, 6.07) is 0. The molecule has 0 amide bonds. The topological polar surface area (TPSA) is 29.4 Å². The Balaban J connectivity index is 4.22. The molecule has 0 aromatic carbocycles. The van der Waals surface area contributed by atoms with Gasteiger partial charge in [0.2, 0.25) is 6.08 Å². The van der Waals surface area contributed by atoms with Crippen LogP contribution in [0, 0.1) is 5.92 Å². The van der Waals surface area contributed by atoms with Crippen LogP contribution in [0.4, 0.5) is 0 Å². The first-order valence-corrected chi connectivity index (χ1v) is 3.63. The average Bonchev–Trinajstić information content (AvgIpc) is 1.86. The van der Waals surface area contributed by atoms with Gasteiger partial charge in [0.25, 0.3) is 0 Å². The molecule has 0 aliphatic carbocycles. The van der Waals surface area contributed by atoms with E-state index in [4.69, 9.17) is 0 Å². The summed E-state index contributed by atoms with van der Waals surface area (Å²) < 4.78 is 0. The lowest BCUT2D eigenvalue weighted by Gasteiger charge is -2.24. The van der Waals surface area contributed by atoms with Crippen LogP contribution >= 0.6 is 0 Å². The van der Waals surface area contributed by atoms with Crippen molar-refractivity contribution < 1.29 is 4.79 Å². The van der Waals surface area contributed by atoms with Gasteiger partial charge in [0.05, 0.1) is 5.54 Å². The van der Waals surface area contributed by atoms with Crippen LogP contribution in [0.3, 0.4) is 0 Å². The molecule has 0 saturated heterocycles. The molecule has 0 radical (unpaired) electrons. The molecule has 1 unspecified atom stereocenters. The van der Waals surface area contributed by atoms with E-state index < -0.39 is 0 Å². The van der Waals surface area contributed by atoms with E-state index in [0.29, 0.717) is 5.92 Å². The Morgan fingerprint density at radius 1 is 1.60 bits per heavy atom. The van der Waals surface area contributed by atoms with Crippen molar-refractivity contribution in [2.75, 3.05) is 0 Å². The van der Waals surface area contributed by atoms with Crippen LogP contribution in [0.1, 0.15) is 34.1 Å². The summed E-state index contributed by atoms with van der Waals surface area (Å²) in [6.45, 7) is 8.08. The molecule has 58 valence electrons. The fourth-order valence-corrected chi connectivity index (χ4v) is 0.727. The van der Waals surface area contributed by atoms with Gasteiger partial charge in [0.1, 0.15) is 0 Å². The predicted molar refractivity (Wildman–Crippen MR) is 41.7 cm³/mol. The molecule has 0 spiro atoms. The number of nitrogens with zero attached hydrogens (tertiary/aromatic N) is 1. The van der Waals surface area contributed by atoms with Gasteiger partial charge in [0, 0.05) is 0 Å². The Morgan fingerprint density at radius 3 is 2.40 bits per heavy atom. The van der Waals surface area contributed by atoms with Crippen molar-refractivity contribution in [3.8, 4) is 0 Å². The monoisotopic (exact) mass is 141 g/mol. The van der Waals surface area contributed by atoms with Gasteiger partial charge in [-0.15, -0.1) is 0 Å². The highest BCUT2D eigenvalue weighted by molar-refractivity contribution is 5.34. The van der Waals surface area contributed by atoms with E-state index >= 15 is 0 Å². The minimum absolute atomic E-state index is 0.240. The largest absolute Gasteiger partial charge is 0.235 e. The van der Waals surface area contributed by atoms with Crippen molar-refractivity contribution in [1.82, 2.24) is 0 Å². The van der Waals surface area contributed by atoms with Gasteiger partial charge >= 0.3 is 0 Å². The summed E-state index contributed by atoms with van der Waals surface area (Å²) in [7, 11) is 0. The highest BCUT2D eigenvalue weighted by Gasteiger charge is 2.22. The Hall–Kier alpha value is -0.620. The first-order valence-electron chi connectivity index (χ1n) is 3.63. The maximum atomic E-state index is 9.95. The second-order valence-electron chi connectivity index (χ2n) is 3.17. The summed E-state index contributed by atoms with van der Waals surface area (Å²) in [5, 5.41) is 0. The molecule has 0 aliphatic rings. The van der Waals surface area contributed by atoms with Gasteiger partial charge in [-0.25, -0.2) is 4.79 Å². The molecule has 0 N–H and O–H groups in total. The molecule has 0 bridgehead atoms. The van der Waals surface area contributed by atoms with Crippen molar-refractivity contribution in [2.24, 2.45) is 10.9 Å². The Kier molecular flexibility index (Phi) is 3.31. The van der Waals surface area contributed by atoms with Crippen molar-refractivity contribution in [3.05, 3.63) is 0 Å².